The van der Waals surface area contributed by atoms with Crippen molar-refractivity contribution in [2.45, 2.75) is 39.2 Å². The van der Waals surface area contributed by atoms with Gasteiger partial charge in [0.2, 0.25) is 0 Å². The molecule has 1 N–H and O–H groups in total. The van der Waals surface area contributed by atoms with Gasteiger partial charge in [0.25, 0.3) is 5.91 Å². The average Bonchev–Trinajstić information content (AvgIpc) is 3.14. The molecule has 3 unspecified atom stereocenters. The van der Waals surface area contributed by atoms with Crippen LogP contribution in [0.4, 0.5) is 0 Å². The molecular formula is C20H24N2O3S. The van der Waals surface area contributed by atoms with E-state index in [-0.39, 0.29) is 24.2 Å². The Hall–Kier alpha value is -2.21. The molecule has 1 saturated carbocycles. The first-order valence-corrected chi connectivity index (χ1v) is 9.90. The van der Waals surface area contributed by atoms with Gasteiger partial charge in [0, 0.05) is 17.0 Å². The maximum Gasteiger partial charge on any atom is 0.358 e. The Morgan fingerprint density at radius 1 is 1.23 bits per heavy atom. The van der Waals surface area contributed by atoms with E-state index in [1.807, 2.05) is 30.3 Å². The molecule has 1 aliphatic rings. The van der Waals surface area contributed by atoms with Gasteiger partial charge < -0.3 is 10.1 Å². The van der Waals surface area contributed by atoms with Crippen molar-refractivity contribution in [1.29, 1.82) is 0 Å². The van der Waals surface area contributed by atoms with E-state index in [2.05, 4.69) is 24.1 Å². The van der Waals surface area contributed by atoms with Crippen LogP contribution in [0.1, 0.15) is 43.6 Å². The number of thiazole rings is 1. The minimum absolute atomic E-state index is 0.161. The molecule has 3 rings (SSSR count). The summed E-state index contributed by atoms with van der Waals surface area (Å²) in [5.41, 5.74) is 1.19. The van der Waals surface area contributed by atoms with Crippen molar-refractivity contribution in [1.82, 2.24) is 10.3 Å². The molecule has 2 aromatic rings. The van der Waals surface area contributed by atoms with E-state index in [0.29, 0.717) is 11.8 Å². The molecule has 0 radical (unpaired) electrons. The zero-order valence-corrected chi connectivity index (χ0v) is 15.9. The predicted octanol–water partition coefficient (Wildman–Crippen LogP) is 3.91. The van der Waals surface area contributed by atoms with Gasteiger partial charge in [-0.15, -0.1) is 11.3 Å². The fourth-order valence-electron chi connectivity index (χ4n) is 3.32. The third kappa shape index (κ3) is 4.49. The second-order valence-electron chi connectivity index (χ2n) is 6.92. The number of ether oxygens (including phenoxy) is 1. The number of benzene rings is 1. The van der Waals surface area contributed by atoms with Gasteiger partial charge in [0.15, 0.2) is 12.3 Å². The number of aromatic nitrogens is 1. The third-order valence-corrected chi connectivity index (χ3v) is 6.01. The Balaban J connectivity index is 1.51. The van der Waals surface area contributed by atoms with E-state index in [1.54, 1.807) is 5.38 Å². The third-order valence-electron chi connectivity index (χ3n) is 5.12. The van der Waals surface area contributed by atoms with Crippen LogP contribution in [0.25, 0.3) is 10.6 Å². The maximum atomic E-state index is 12.1. The van der Waals surface area contributed by atoms with Crippen LogP contribution in [0, 0.1) is 11.8 Å². The van der Waals surface area contributed by atoms with Crippen molar-refractivity contribution in [2.24, 2.45) is 11.8 Å². The predicted molar refractivity (Wildman–Crippen MR) is 102 cm³/mol. The molecule has 6 heteroatoms. The lowest BCUT2D eigenvalue weighted by atomic mass is 9.78. The highest BCUT2D eigenvalue weighted by molar-refractivity contribution is 7.13. The van der Waals surface area contributed by atoms with E-state index in [9.17, 15) is 9.59 Å². The average molecular weight is 372 g/mol. The Labute approximate surface area is 157 Å². The molecule has 26 heavy (non-hydrogen) atoms. The second-order valence-corrected chi connectivity index (χ2v) is 7.78. The smallest absolute Gasteiger partial charge is 0.358 e. The highest BCUT2D eigenvalue weighted by atomic mass is 32.1. The molecule has 1 amide bonds. The van der Waals surface area contributed by atoms with Crippen LogP contribution in [0.2, 0.25) is 0 Å². The highest BCUT2D eigenvalue weighted by Gasteiger charge is 2.28. The topological polar surface area (TPSA) is 68.3 Å². The highest BCUT2D eigenvalue weighted by Crippen LogP contribution is 2.29. The molecule has 5 nitrogen and oxygen atoms in total. The molecule has 1 fully saturated rings. The maximum absolute atomic E-state index is 12.1. The molecule has 1 aliphatic carbocycles. The van der Waals surface area contributed by atoms with E-state index < -0.39 is 5.97 Å². The Kier molecular flexibility index (Phi) is 6.04. The van der Waals surface area contributed by atoms with Crippen molar-refractivity contribution in [3.63, 3.8) is 0 Å². The summed E-state index contributed by atoms with van der Waals surface area (Å²) in [6.07, 6.45) is 3.31. The van der Waals surface area contributed by atoms with Gasteiger partial charge in [-0.25, -0.2) is 9.78 Å². The zero-order chi connectivity index (χ0) is 18.5. The summed E-state index contributed by atoms with van der Waals surface area (Å²) in [6, 6.07) is 9.81. The molecule has 3 atom stereocenters. The molecule has 0 spiro atoms. The van der Waals surface area contributed by atoms with E-state index in [1.165, 1.54) is 17.8 Å². The summed E-state index contributed by atoms with van der Waals surface area (Å²) in [5, 5.41) is 5.42. The second kappa shape index (κ2) is 8.45. The van der Waals surface area contributed by atoms with Gasteiger partial charge in [-0.2, -0.15) is 0 Å². The SMILES string of the molecule is CC1CCCC(NC(=O)COC(=O)c2csc(-c3ccccc3)n2)C1C. The lowest BCUT2D eigenvalue weighted by molar-refractivity contribution is -0.125. The first-order valence-electron chi connectivity index (χ1n) is 9.02. The van der Waals surface area contributed by atoms with Crippen LogP contribution < -0.4 is 5.32 Å². The zero-order valence-electron chi connectivity index (χ0n) is 15.1. The summed E-state index contributed by atoms with van der Waals surface area (Å²) in [7, 11) is 0. The summed E-state index contributed by atoms with van der Waals surface area (Å²) in [5.74, 6) is 0.227. The Morgan fingerprint density at radius 3 is 2.77 bits per heavy atom. The van der Waals surface area contributed by atoms with Crippen molar-refractivity contribution >= 4 is 23.2 Å². The minimum Gasteiger partial charge on any atom is -0.451 e. The molecular weight excluding hydrogens is 348 g/mol. The molecule has 1 aromatic heterocycles. The van der Waals surface area contributed by atoms with Crippen molar-refractivity contribution in [3.05, 3.63) is 41.4 Å². The number of nitrogens with zero attached hydrogens (tertiary/aromatic N) is 1. The Bertz CT molecular complexity index is 759. The summed E-state index contributed by atoms with van der Waals surface area (Å²) in [6.45, 7) is 4.12. The number of hydrogen-bond donors (Lipinski definition) is 1. The summed E-state index contributed by atoms with van der Waals surface area (Å²) in [4.78, 5) is 28.6. The van der Waals surface area contributed by atoms with E-state index >= 15 is 0 Å². The van der Waals surface area contributed by atoms with E-state index in [0.717, 1.165) is 23.4 Å². The number of nitrogens with one attached hydrogen (secondary N) is 1. The first kappa shape index (κ1) is 18.6. The van der Waals surface area contributed by atoms with Gasteiger partial charge in [0.05, 0.1) is 0 Å². The molecule has 138 valence electrons. The van der Waals surface area contributed by atoms with Crippen LogP contribution in [0.5, 0.6) is 0 Å². The monoisotopic (exact) mass is 372 g/mol. The minimum atomic E-state index is -0.566. The lowest BCUT2D eigenvalue weighted by Gasteiger charge is -2.34. The van der Waals surface area contributed by atoms with Crippen molar-refractivity contribution in [3.8, 4) is 10.6 Å². The normalized spacial score (nSPS) is 22.6. The van der Waals surface area contributed by atoms with Gasteiger partial charge in [0.1, 0.15) is 5.01 Å². The molecule has 0 aliphatic heterocycles. The fourth-order valence-corrected chi connectivity index (χ4v) is 4.12. The number of rotatable bonds is 5. The number of carbonyl (C=O) groups excluding carboxylic acids is 2. The first-order chi connectivity index (χ1) is 12.5. The molecule has 0 saturated heterocycles. The molecule has 1 heterocycles. The lowest BCUT2D eigenvalue weighted by Crippen LogP contribution is -2.45. The number of carbonyl (C=O) groups is 2. The molecule has 0 bridgehead atoms. The number of hydrogen-bond acceptors (Lipinski definition) is 5. The fraction of sp³-hybridized carbons (Fsp3) is 0.450. The van der Waals surface area contributed by atoms with Crippen molar-refractivity contribution in [2.75, 3.05) is 6.61 Å². The van der Waals surface area contributed by atoms with Crippen LogP contribution in [0.3, 0.4) is 0 Å². The molecule has 1 aromatic carbocycles. The van der Waals surface area contributed by atoms with Crippen LogP contribution in [0.15, 0.2) is 35.7 Å². The van der Waals surface area contributed by atoms with Crippen LogP contribution in [-0.4, -0.2) is 29.5 Å². The number of amides is 1. The van der Waals surface area contributed by atoms with Gasteiger partial charge in [-0.1, -0.05) is 57.0 Å². The summed E-state index contributed by atoms with van der Waals surface area (Å²) < 4.78 is 5.14. The number of esters is 1. The standard InChI is InChI=1S/C20H24N2O3S/c1-13-7-6-10-16(14(13)2)21-18(23)11-25-20(24)17-12-26-19(22-17)15-8-4-3-5-9-15/h3-5,8-9,12-14,16H,6-7,10-11H2,1-2H3,(H,21,23). The van der Waals surface area contributed by atoms with Gasteiger partial charge in [-0.3, -0.25) is 4.79 Å². The Morgan fingerprint density at radius 2 is 2.00 bits per heavy atom. The van der Waals surface area contributed by atoms with Gasteiger partial charge >= 0.3 is 5.97 Å². The summed E-state index contributed by atoms with van der Waals surface area (Å²) >= 11 is 1.38. The quantitative estimate of drug-likeness (QED) is 0.808. The van der Waals surface area contributed by atoms with Crippen LogP contribution >= 0.6 is 11.3 Å². The van der Waals surface area contributed by atoms with E-state index in [4.69, 9.17) is 4.74 Å². The van der Waals surface area contributed by atoms with Crippen molar-refractivity contribution < 1.29 is 14.3 Å². The van der Waals surface area contributed by atoms with Gasteiger partial charge in [-0.05, 0) is 18.3 Å². The largest absolute Gasteiger partial charge is 0.451 e. The van der Waals surface area contributed by atoms with Crippen LogP contribution in [-0.2, 0) is 9.53 Å².